The third kappa shape index (κ3) is 4.12. The van der Waals surface area contributed by atoms with Gasteiger partial charge in [0, 0.05) is 12.1 Å². The van der Waals surface area contributed by atoms with E-state index in [9.17, 15) is 5.11 Å². The van der Waals surface area contributed by atoms with Crippen molar-refractivity contribution in [1.29, 1.82) is 0 Å². The molecule has 2 rings (SSSR count). The molecule has 0 aromatic heterocycles. The van der Waals surface area contributed by atoms with Gasteiger partial charge in [0.1, 0.15) is 6.61 Å². The van der Waals surface area contributed by atoms with Crippen molar-refractivity contribution >= 4 is 0 Å². The Labute approximate surface area is 121 Å². The maximum absolute atomic E-state index is 9.41. The van der Waals surface area contributed by atoms with Gasteiger partial charge in [-0.2, -0.15) is 0 Å². The second kappa shape index (κ2) is 8.12. The molecule has 0 unspecified atom stereocenters. The molecule has 1 aromatic carbocycles. The third-order valence-corrected chi connectivity index (χ3v) is 3.63. The summed E-state index contributed by atoms with van der Waals surface area (Å²) in [4.78, 5) is 2.44. The monoisotopic (exact) mass is 279 g/mol. The van der Waals surface area contributed by atoms with Crippen molar-refractivity contribution in [3.05, 3.63) is 23.8 Å². The Hall–Kier alpha value is -1.26. The number of likely N-dealkylation sites (tertiary alicyclic amines) is 1. The van der Waals surface area contributed by atoms with E-state index in [0.29, 0.717) is 19.0 Å². The fourth-order valence-corrected chi connectivity index (χ4v) is 2.58. The van der Waals surface area contributed by atoms with Crippen LogP contribution in [0.25, 0.3) is 0 Å². The summed E-state index contributed by atoms with van der Waals surface area (Å²) in [5.41, 5.74) is 0.787. The first-order valence-electron chi connectivity index (χ1n) is 7.56. The summed E-state index contributed by atoms with van der Waals surface area (Å²) >= 11 is 0. The van der Waals surface area contributed by atoms with Gasteiger partial charge in [-0.05, 0) is 38.9 Å². The van der Waals surface area contributed by atoms with Gasteiger partial charge in [0.05, 0.1) is 13.2 Å². The van der Waals surface area contributed by atoms with Crippen LogP contribution in [0.1, 0.15) is 31.7 Å². The lowest BCUT2D eigenvalue weighted by Crippen LogP contribution is -2.33. The van der Waals surface area contributed by atoms with Gasteiger partial charge in [-0.25, -0.2) is 0 Å². The molecule has 0 saturated carbocycles. The number of benzene rings is 1. The van der Waals surface area contributed by atoms with Crippen molar-refractivity contribution in [3.63, 3.8) is 0 Å². The number of hydrogen-bond acceptors (Lipinski definition) is 4. The largest absolute Gasteiger partial charge is 0.490 e. The lowest BCUT2D eigenvalue weighted by molar-refractivity contribution is 0.176. The summed E-state index contributed by atoms with van der Waals surface area (Å²) < 4.78 is 11.5. The van der Waals surface area contributed by atoms with Crippen molar-refractivity contribution < 1.29 is 14.6 Å². The highest BCUT2D eigenvalue weighted by molar-refractivity contribution is 5.46. The Morgan fingerprint density at radius 3 is 2.65 bits per heavy atom. The van der Waals surface area contributed by atoms with Crippen molar-refractivity contribution in [3.8, 4) is 11.5 Å². The minimum Gasteiger partial charge on any atom is -0.490 e. The van der Waals surface area contributed by atoms with Crippen molar-refractivity contribution in [2.75, 3.05) is 32.8 Å². The van der Waals surface area contributed by atoms with E-state index in [1.165, 1.54) is 32.4 Å². The standard InChI is InChI=1S/C16H25NO3/c1-2-19-15-8-6-7-14(13-18)16(15)20-12-11-17-9-4-3-5-10-17/h6-8,18H,2-5,9-13H2,1H3. The van der Waals surface area contributed by atoms with Gasteiger partial charge in [0.2, 0.25) is 0 Å². The van der Waals surface area contributed by atoms with E-state index < -0.39 is 0 Å². The number of aliphatic hydroxyl groups excluding tert-OH is 1. The Morgan fingerprint density at radius 2 is 1.95 bits per heavy atom. The number of para-hydroxylation sites is 1. The summed E-state index contributed by atoms with van der Waals surface area (Å²) in [7, 11) is 0. The van der Waals surface area contributed by atoms with Crippen LogP contribution in [0.4, 0.5) is 0 Å². The molecule has 0 amide bonds. The molecule has 1 saturated heterocycles. The highest BCUT2D eigenvalue weighted by Gasteiger charge is 2.13. The van der Waals surface area contributed by atoms with E-state index >= 15 is 0 Å². The van der Waals surface area contributed by atoms with Crippen molar-refractivity contribution in [2.45, 2.75) is 32.8 Å². The number of rotatable bonds is 7. The van der Waals surface area contributed by atoms with Crippen LogP contribution in [0, 0.1) is 0 Å². The number of nitrogens with zero attached hydrogens (tertiary/aromatic N) is 1. The summed E-state index contributed by atoms with van der Waals surface area (Å²) in [5, 5.41) is 9.41. The molecule has 1 N–H and O–H groups in total. The fourth-order valence-electron chi connectivity index (χ4n) is 2.58. The lowest BCUT2D eigenvalue weighted by Gasteiger charge is -2.26. The van der Waals surface area contributed by atoms with Crippen LogP contribution in [-0.2, 0) is 6.61 Å². The zero-order valence-electron chi connectivity index (χ0n) is 12.3. The molecule has 1 fully saturated rings. The van der Waals surface area contributed by atoms with Crippen LogP contribution in [0.5, 0.6) is 11.5 Å². The highest BCUT2D eigenvalue weighted by atomic mass is 16.5. The Balaban J connectivity index is 1.92. The van der Waals surface area contributed by atoms with Crippen LogP contribution in [0.3, 0.4) is 0 Å². The van der Waals surface area contributed by atoms with Crippen LogP contribution in [0.15, 0.2) is 18.2 Å². The van der Waals surface area contributed by atoms with Crippen LogP contribution in [0.2, 0.25) is 0 Å². The predicted molar refractivity (Wildman–Crippen MR) is 79.3 cm³/mol. The normalized spacial score (nSPS) is 16.1. The number of piperidine rings is 1. The van der Waals surface area contributed by atoms with Gasteiger partial charge in [-0.15, -0.1) is 0 Å². The van der Waals surface area contributed by atoms with E-state index in [1.807, 2.05) is 25.1 Å². The molecule has 1 aromatic rings. The predicted octanol–water partition coefficient (Wildman–Crippen LogP) is 2.44. The quantitative estimate of drug-likeness (QED) is 0.832. The molecule has 0 bridgehead atoms. The van der Waals surface area contributed by atoms with Gasteiger partial charge >= 0.3 is 0 Å². The average Bonchev–Trinajstić information content (AvgIpc) is 2.50. The van der Waals surface area contributed by atoms with Gasteiger partial charge in [0.15, 0.2) is 11.5 Å². The number of aliphatic hydroxyl groups is 1. The van der Waals surface area contributed by atoms with Gasteiger partial charge in [-0.3, -0.25) is 4.90 Å². The first-order chi connectivity index (χ1) is 9.85. The first kappa shape index (κ1) is 15.1. The molecule has 0 spiro atoms. The van der Waals surface area contributed by atoms with Crippen LogP contribution < -0.4 is 9.47 Å². The summed E-state index contributed by atoms with van der Waals surface area (Å²) in [6.45, 7) is 6.43. The number of hydrogen-bond donors (Lipinski definition) is 1. The van der Waals surface area contributed by atoms with Crippen LogP contribution >= 0.6 is 0 Å². The van der Waals surface area contributed by atoms with Gasteiger partial charge < -0.3 is 14.6 Å². The van der Waals surface area contributed by atoms with E-state index in [0.717, 1.165) is 17.9 Å². The second-order valence-corrected chi connectivity index (χ2v) is 5.09. The Bertz CT molecular complexity index is 403. The van der Waals surface area contributed by atoms with E-state index in [1.54, 1.807) is 0 Å². The van der Waals surface area contributed by atoms with Gasteiger partial charge in [-0.1, -0.05) is 18.6 Å². The topological polar surface area (TPSA) is 41.9 Å². The fraction of sp³-hybridized carbons (Fsp3) is 0.625. The Kier molecular flexibility index (Phi) is 6.15. The molecule has 0 radical (unpaired) electrons. The molecule has 0 atom stereocenters. The first-order valence-corrected chi connectivity index (χ1v) is 7.56. The molecule has 1 aliphatic heterocycles. The number of ether oxygens (including phenoxy) is 2. The van der Waals surface area contributed by atoms with Gasteiger partial charge in [0.25, 0.3) is 0 Å². The molecule has 1 heterocycles. The molecule has 4 heteroatoms. The summed E-state index contributed by atoms with van der Waals surface area (Å²) in [5.74, 6) is 1.41. The third-order valence-electron chi connectivity index (χ3n) is 3.63. The lowest BCUT2D eigenvalue weighted by atomic mass is 10.1. The molecule has 1 aliphatic rings. The molecule has 112 valence electrons. The highest BCUT2D eigenvalue weighted by Crippen LogP contribution is 2.31. The van der Waals surface area contributed by atoms with Crippen molar-refractivity contribution in [1.82, 2.24) is 4.90 Å². The minimum absolute atomic E-state index is 0.0278. The SMILES string of the molecule is CCOc1cccc(CO)c1OCCN1CCCCC1. The minimum atomic E-state index is -0.0278. The zero-order valence-corrected chi connectivity index (χ0v) is 12.3. The molecule has 0 aliphatic carbocycles. The maximum Gasteiger partial charge on any atom is 0.166 e. The Morgan fingerprint density at radius 1 is 1.15 bits per heavy atom. The van der Waals surface area contributed by atoms with E-state index in [2.05, 4.69) is 4.90 Å². The van der Waals surface area contributed by atoms with Crippen molar-refractivity contribution in [2.24, 2.45) is 0 Å². The zero-order chi connectivity index (χ0) is 14.2. The average molecular weight is 279 g/mol. The molecular weight excluding hydrogens is 254 g/mol. The smallest absolute Gasteiger partial charge is 0.166 e. The van der Waals surface area contributed by atoms with E-state index in [-0.39, 0.29) is 6.61 Å². The summed E-state index contributed by atoms with van der Waals surface area (Å²) in [6, 6.07) is 5.64. The molecular formula is C16H25NO3. The maximum atomic E-state index is 9.41. The van der Waals surface area contributed by atoms with Crippen LogP contribution in [-0.4, -0.2) is 42.9 Å². The molecule has 4 nitrogen and oxygen atoms in total. The van der Waals surface area contributed by atoms with E-state index in [4.69, 9.17) is 9.47 Å². The second-order valence-electron chi connectivity index (χ2n) is 5.09. The summed E-state index contributed by atoms with van der Waals surface area (Å²) in [6.07, 6.45) is 3.92. The molecule has 20 heavy (non-hydrogen) atoms.